The van der Waals surface area contributed by atoms with Crippen LogP contribution in [0.5, 0.6) is 5.75 Å². The molecule has 0 aromatic heterocycles. The van der Waals surface area contributed by atoms with Gasteiger partial charge in [-0.05, 0) is 49.8 Å². The number of ether oxygens (including phenoxy) is 1. The van der Waals surface area contributed by atoms with E-state index in [1.165, 1.54) is 12.8 Å². The molecule has 2 rings (SSSR count). The molecule has 0 saturated heterocycles. The van der Waals surface area contributed by atoms with Crippen molar-refractivity contribution in [2.24, 2.45) is 5.92 Å². The third-order valence-electron chi connectivity index (χ3n) is 3.59. The Kier molecular flexibility index (Phi) is 5.55. The predicted molar refractivity (Wildman–Crippen MR) is 81.5 cm³/mol. The van der Waals surface area contributed by atoms with Crippen LogP contribution >= 0.6 is 23.2 Å². The molecule has 0 aliphatic heterocycles. The number of nitrogens with one attached hydrogen (secondary N) is 1. The van der Waals surface area contributed by atoms with Gasteiger partial charge in [0.25, 0.3) is 5.91 Å². The maximum Gasteiger partial charge on any atom is 0.258 e. The Morgan fingerprint density at radius 1 is 1.20 bits per heavy atom. The lowest BCUT2D eigenvalue weighted by atomic mass is 9.87. The fourth-order valence-corrected chi connectivity index (χ4v) is 2.94. The van der Waals surface area contributed by atoms with Crippen LogP contribution in [-0.2, 0) is 4.79 Å². The van der Waals surface area contributed by atoms with Crippen molar-refractivity contribution in [3.63, 3.8) is 0 Å². The molecule has 0 unspecified atom stereocenters. The molecule has 1 amide bonds. The molecule has 0 spiro atoms. The van der Waals surface area contributed by atoms with Crippen LogP contribution in [0.2, 0.25) is 10.0 Å². The van der Waals surface area contributed by atoms with Gasteiger partial charge >= 0.3 is 0 Å². The number of carbonyl (C=O) groups excluding carboxylic acids is 1. The van der Waals surface area contributed by atoms with E-state index < -0.39 is 0 Å². The van der Waals surface area contributed by atoms with E-state index in [0.29, 0.717) is 15.8 Å². The molecule has 3 nitrogen and oxygen atoms in total. The van der Waals surface area contributed by atoms with Gasteiger partial charge in [0.15, 0.2) is 6.61 Å². The number of carbonyl (C=O) groups is 1. The highest BCUT2D eigenvalue weighted by atomic mass is 35.5. The summed E-state index contributed by atoms with van der Waals surface area (Å²) in [6.45, 7) is 2.24. The van der Waals surface area contributed by atoms with E-state index in [2.05, 4.69) is 12.2 Å². The molecular formula is C15H19Cl2NO2. The zero-order valence-corrected chi connectivity index (χ0v) is 13.0. The topological polar surface area (TPSA) is 38.3 Å². The number of halogens is 2. The van der Waals surface area contributed by atoms with Gasteiger partial charge in [0.1, 0.15) is 5.75 Å². The zero-order valence-electron chi connectivity index (χ0n) is 11.5. The lowest BCUT2D eigenvalue weighted by molar-refractivity contribution is -0.124. The first-order valence-electron chi connectivity index (χ1n) is 6.91. The molecule has 1 fully saturated rings. The second kappa shape index (κ2) is 7.19. The Labute approximate surface area is 129 Å². The van der Waals surface area contributed by atoms with Gasteiger partial charge in [-0.1, -0.05) is 30.1 Å². The van der Waals surface area contributed by atoms with Gasteiger partial charge in [0.05, 0.1) is 0 Å². The molecular weight excluding hydrogens is 297 g/mol. The van der Waals surface area contributed by atoms with Crippen molar-refractivity contribution in [2.75, 3.05) is 6.61 Å². The standard InChI is InChI=1S/C15H19Cl2NO2/c1-10-2-4-13(5-3-10)18-15(19)9-20-14-7-11(16)6-12(17)8-14/h6-8,10,13H,2-5,9H2,1H3,(H,18,19). The molecule has 1 saturated carbocycles. The Morgan fingerprint density at radius 2 is 1.80 bits per heavy atom. The fraction of sp³-hybridized carbons (Fsp3) is 0.533. The average Bonchev–Trinajstić information content (AvgIpc) is 2.38. The minimum absolute atomic E-state index is 0.0112. The fourth-order valence-electron chi connectivity index (χ4n) is 2.43. The molecule has 0 bridgehead atoms. The number of benzene rings is 1. The first-order valence-corrected chi connectivity index (χ1v) is 7.67. The Hall–Kier alpha value is -0.930. The summed E-state index contributed by atoms with van der Waals surface area (Å²) < 4.78 is 5.41. The van der Waals surface area contributed by atoms with Crippen molar-refractivity contribution >= 4 is 29.1 Å². The summed E-state index contributed by atoms with van der Waals surface area (Å²) in [6, 6.07) is 5.19. The van der Waals surface area contributed by atoms with E-state index in [9.17, 15) is 4.79 Å². The van der Waals surface area contributed by atoms with Crippen molar-refractivity contribution in [1.29, 1.82) is 0 Å². The molecule has 0 atom stereocenters. The summed E-state index contributed by atoms with van der Waals surface area (Å²) in [7, 11) is 0. The first-order chi connectivity index (χ1) is 9.52. The van der Waals surface area contributed by atoms with Gasteiger partial charge in [-0.2, -0.15) is 0 Å². The van der Waals surface area contributed by atoms with Crippen molar-refractivity contribution < 1.29 is 9.53 Å². The van der Waals surface area contributed by atoms with Crippen molar-refractivity contribution in [2.45, 2.75) is 38.6 Å². The highest BCUT2D eigenvalue weighted by molar-refractivity contribution is 6.34. The SMILES string of the molecule is CC1CCC(NC(=O)COc2cc(Cl)cc(Cl)c2)CC1. The minimum Gasteiger partial charge on any atom is -0.484 e. The quantitative estimate of drug-likeness (QED) is 0.909. The maximum absolute atomic E-state index is 11.8. The van der Waals surface area contributed by atoms with Crippen molar-refractivity contribution in [3.8, 4) is 5.75 Å². The molecule has 1 aromatic carbocycles. The van der Waals surface area contributed by atoms with Crippen molar-refractivity contribution in [1.82, 2.24) is 5.32 Å². The first kappa shape index (κ1) is 15.5. The molecule has 1 N–H and O–H groups in total. The average molecular weight is 316 g/mol. The van der Waals surface area contributed by atoms with E-state index in [-0.39, 0.29) is 18.6 Å². The summed E-state index contributed by atoms with van der Waals surface area (Å²) >= 11 is 11.7. The highest BCUT2D eigenvalue weighted by Gasteiger charge is 2.19. The smallest absolute Gasteiger partial charge is 0.258 e. The van der Waals surface area contributed by atoms with E-state index in [0.717, 1.165) is 18.8 Å². The van der Waals surface area contributed by atoms with Crippen LogP contribution in [0.1, 0.15) is 32.6 Å². The van der Waals surface area contributed by atoms with E-state index >= 15 is 0 Å². The largest absolute Gasteiger partial charge is 0.484 e. The van der Waals surface area contributed by atoms with Gasteiger partial charge < -0.3 is 10.1 Å². The van der Waals surface area contributed by atoms with Gasteiger partial charge in [-0.15, -0.1) is 0 Å². The minimum atomic E-state index is -0.0966. The molecule has 0 radical (unpaired) electrons. The van der Waals surface area contributed by atoms with Crippen LogP contribution in [0.4, 0.5) is 0 Å². The van der Waals surface area contributed by atoms with E-state index in [1.807, 2.05) is 0 Å². The molecule has 20 heavy (non-hydrogen) atoms. The second-order valence-corrected chi connectivity index (χ2v) is 6.29. The van der Waals surface area contributed by atoms with Crippen LogP contribution in [0, 0.1) is 5.92 Å². The van der Waals surface area contributed by atoms with Gasteiger partial charge in [-0.3, -0.25) is 4.79 Å². The normalized spacial score (nSPS) is 22.4. The third kappa shape index (κ3) is 4.88. The van der Waals surface area contributed by atoms with Gasteiger partial charge in [-0.25, -0.2) is 0 Å². The number of amides is 1. The van der Waals surface area contributed by atoms with Crippen LogP contribution < -0.4 is 10.1 Å². The monoisotopic (exact) mass is 315 g/mol. The maximum atomic E-state index is 11.8. The highest BCUT2D eigenvalue weighted by Crippen LogP contribution is 2.25. The molecule has 1 aromatic rings. The summed E-state index contributed by atoms with van der Waals surface area (Å²) in [5.41, 5.74) is 0. The van der Waals surface area contributed by atoms with Gasteiger partial charge in [0.2, 0.25) is 0 Å². The molecule has 5 heteroatoms. The second-order valence-electron chi connectivity index (χ2n) is 5.42. The summed E-state index contributed by atoms with van der Waals surface area (Å²) in [4.78, 5) is 11.8. The Bertz CT molecular complexity index is 451. The summed E-state index contributed by atoms with van der Waals surface area (Å²) in [5, 5.41) is 4.00. The lowest BCUT2D eigenvalue weighted by Crippen LogP contribution is -2.39. The van der Waals surface area contributed by atoms with Crippen LogP contribution in [0.15, 0.2) is 18.2 Å². The number of rotatable bonds is 4. The molecule has 1 aliphatic rings. The summed E-state index contributed by atoms with van der Waals surface area (Å²) in [6.07, 6.45) is 4.46. The number of hydrogen-bond donors (Lipinski definition) is 1. The Balaban J connectivity index is 1.77. The summed E-state index contributed by atoms with van der Waals surface area (Å²) in [5.74, 6) is 1.18. The lowest BCUT2D eigenvalue weighted by Gasteiger charge is -2.26. The van der Waals surface area contributed by atoms with Crippen LogP contribution in [0.3, 0.4) is 0 Å². The van der Waals surface area contributed by atoms with Crippen LogP contribution in [-0.4, -0.2) is 18.6 Å². The van der Waals surface area contributed by atoms with Crippen LogP contribution in [0.25, 0.3) is 0 Å². The molecule has 1 aliphatic carbocycles. The predicted octanol–water partition coefficient (Wildman–Crippen LogP) is 4.07. The third-order valence-corrected chi connectivity index (χ3v) is 4.02. The van der Waals surface area contributed by atoms with Gasteiger partial charge in [0, 0.05) is 16.1 Å². The zero-order chi connectivity index (χ0) is 14.5. The van der Waals surface area contributed by atoms with E-state index in [4.69, 9.17) is 27.9 Å². The molecule has 0 heterocycles. The number of hydrogen-bond acceptors (Lipinski definition) is 2. The molecule has 110 valence electrons. The van der Waals surface area contributed by atoms with Crippen molar-refractivity contribution in [3.05, 3.63) is 28.2 Å². The van der Waals surface area contributed by atoms with E-state index in [1.54, 1.807) is 18.2 Å². The Morgan fingerprint density at radius 3 is 2.40 bits per heavy atom.